The Morgan fingerprint density at radius 1 is 1.16 bits per heavy atom. The van der Waals surface area contributed by atoms with Crippen LogP contribution in [0.1, 0.15) is 38.9 Å². The molecule has 0 radical (unpaired) electrons. The summed E-state index contributed by atoms with van der Waals surface area (Å²) in [6.45, 7) is 9.63. The Hall–Kier alpha value is -1.47. The fourth-order valence-corrected chi connectivity index (χ4v) is 3.69. The van der Waals surface area contributed by atoms with Crippen LogP contribution in [-0.4, -0.2) is 19.5 Å². The van der Waals surface area contributed by atoms with Crippen molar-refractivity contribution >= 4 is 19.1 Å². The van der Waals surface area contributed by atoms with Gasteiger partial charge in [0.25, 0.3) is 0 Å². The van der Waals surface area contributed by atoms with Crippen LogP contribution in [0.3, 0.4) is 0 Å². The molecule has 2 aromatic rings. The summed E-state index contributed by atoms with van der Waals surface area (Å²) in [6, 6.07) is 4.00. The Morgan fingerprint density at radius 3 is 2.36 bits per heavy atom. The summed E-state index contributed by atoms with van der Waals surface area (Å²) in [6.07, 6.45) is -3.90. The Morgan fingerprint density at radius 2 is 1.80 bits per heavy atom. The third-order valence-electron chi connectivity index (χ3n) is 4.76. The smallest absolute Gasteiger partial charge is 0.391 e. The standard InChI is InChI=1S/C18H23F4NOSi/c1-17(2,3)25(4,5)24-16(10-18(20,21)22)14-9-13(19)8-12-6-7-23-11-15(12)14/h6-9,11,16H,10H2,1-5H3. The molecule has 1 aromatic heterocycles. The molecule has 0 aliphatic carbocycles. The van der Waals surface area contributed by atoms with Gasteiger partial charge in [0.15, 0.2) is 8.32 Å². The fourth-order valence-electron chi connectivity index (χ4n) is 2.41. The number of halogens is 4. The van der Waals surface area contributed by atoms with E-state index in [4.69, 9.17) is 4.43 Å². The summed E-state index contributed by atoms with van der Waals surface area (Å²) in [4.78, 5) is 3.98. The highest BCUT2D eigenvalue weighted by Gasteiger charge is 2.43. The summed E-state index contributed by atoms with van der Waals surface area (Å²) in [5, 5.41) is 0.728. The van der Waals surface area contributed by atoms with E-state index in [1.807, 2.05) is 33.9 Å². The van der Waals surface area contributed by atoms with Crippen molar-refractivity contribution in [2.75, 3.05) is 0 Å². The predicted octanol–water partition coefficient (Wildman–Crippen LogP) is 6.39. The summed E-state index contributed by atoms with van der Waals surface area (Å²) in [5.41, 5.74) is 0.199. The van der Waals surface area contributed by atoms with Crippen molar-refractivity contribution in [1.29, 1.82) is 0 Å². The van der Waals surface area contributed by atoms with E-state index >= 15 is 0 Å². The Balaban J connectivity index is 2.57. The number of pyridine rings is 1. The summed E-state index contributed by atoms with van der Waals surface area (Å²) in [5.74, 6) is -0.584. The maximum absolute atomic E-state index is 14.0. The minimum absolute atomic E-state index is 0.199. The van der Waals surface area contributed by atoms with E-state index in [-0.39, 0.29) is 10.6 Å². The lowest BCUT2D eigenvalue weighted by Gasteiger charge is -2.39. The lowest BCUT2D eigenvalue weighted by atomic mass is 10.00. The molecule has 0 spiro atoms. The van der Waals surface area contributed by atoms with E-state index in [0.717, 1.165) is 6.07 Å². The van der Waals surface area contributed by atoms with Crippen molar-refractivity contribution in [3.63, 3.8) is 0 Å². The SMILES string of the molecule is CC(C)(C)[Si](C)(C)OC(CC(F)(F)F)c1cc(F)cc2ccncc12. The minimum Gasteiger partial charge on any atom is -0.410 e. The zero-order valence-corrected chi connectivity index (χ0v) is 16.0. The monoisotopic (exact) mass is 373 g/mol. The van der Waals surface area contributed by atoms with E-state index < -0.39 is 32.8 Å². The Kier molecular flexibility index (Phi) is 5.30. The number of fused-ring (bicyclic) bond motifs is 1. The highest BCUT2D eigenvalue weighted by atomic mass is 28.4. The molecule has 138 valence electrons. The highest BCUT2D eigenvalue weighted by molar-refractivity contribution is 6.74. The number of hydrogen-bond acceptors (Lipinski definition) is 2. The number of benzene rings is 1. The third-order valence-corrected chi connectivity index (χ3v) is 9.25. The van der Waals surface area contributed by atoms with Gasteiger partial charge in [0.05, 0.1) is 12.5 Å². The topological polar surface area (TPSA) is 22.1 Å². The van der Waals surface area contributed by atoms with E-state index in [2.05, 4.69) is 4.98 Å². The van der Waals surface area contributed by atoms with E-state index in [1.165, 1.54) is 18.5 Å². The molecule has 7 heteroatoms. The molecular formula is C18H23F4NOSi. The zero-order valence-electron chi connectivity index (χ0n) is 15.0. The molecule has 1 atom stereocenters. The fraction of sp³-hybridized carbons (Fsp3) is 0.500. The van der Waals surface area contributed by atoms with E-state index in [9.17, 15) is 17.6 Å². The number of rotatable bonds is 4. The first-order chi connectivity index (χ1) is 11.3. The minimum atomic E-state index is -4.42. The van der Waals surface area contributed by atoms with Crippen LogP contribution in [0.5, 0.6) is 0 Å². The van der Waals surface area contributed by atoms with Crippen LogP contribution in [0.25, 0.3) is 10.8 Å². The van der Waals surface area contributed by atoms with Gasteiger partial charge in [-0.3, -0.25) is 4.98 Å². The van der Waals surface area contributed by atoms with Crippen LogP contribution in [0.2, 0.25) is 18.1 Å². The van der Waals surface area contributed by atoms with Crippen molar-refractivity contribution < 1.29 is 22.0 Å². The number of aromatic nitrogens is 1. The molecule has 2 rings (SSSR count). The van der Waals surface area contributed by atoms with Crippen LogP contribution in [-0.2, 0) is 4.43 Å². The van der Waals surface area contributed by atoms with Crippen molar-refractivity contribution in [2.24, 2.45) is 0 Å². The predicted molar refractivity (Wildman–Crippen MR) is 93.4 cm³/mol. The molecule has 0 amide bonds. The molecule has 0 saturated heterocycles. The van der Waals surface area contributed by atoms with Gasteiger partial charge in [-0.2, -0.15) is 13.2 Å². The molecule has 1 aromatic carbocycles. The zero-order chi connectivity index (χ0) is 19.0. The van der Waals surface area contributed by atoms with Gasteiger partial charge >= 0.3 is 6.18 Å². The molecular weight excluding hydrogens is 350 g/mol. The highest BCUT2D eigenvalue weighted by Crippen LogP contribution is 2.43. The average Bonchev–Trinajstić information content (AvgIpc) is 2.42. The molecule has 0 saturated carbocycles. The van der Waals surface area contributed by atoms with Crippen molar-refractivity contribution in [2.45, 2.75) is 57.6 Å². The molecule has 0 aliphatic heterocycles. The maximum atomic E-state index is 14.0. The largest absolute Gasteiger partial charge is 0.410 e. The first kappa shape index (κ1) is 19.8. The van der Waals surface area contributed by atoms with Crippen molar-refractivity contribution in [3.8, 4) is 0 Å². The lowest BCUT2D eigenvalue weighted by molar-refractivity contribution is -0.152. The second kappa shape index (κ2) is 6.68. The number of nitrogens with zero attached hydrogens (tertiary/aromatic N) is 1. The summed E-state index contributed by atoms with van der Waals surface area (Å²) >= 11 is 0. The van der Waals surface area contributed by atoms with Gasteiger partial charge in [0, 0.05) is 17.8 Å². The van der Waals surface area contributed by atoms with Crippen LogP contribution in [0, 0.1) is 5.82 Å². The molecule has 2 nitrogen and oxygen atoms in total. The summed E-state index contributed by atoms with van der Waals surface area (Å²) in [7, 11) is -2.50. The number of hydrogen-bond donors (Lipinski definition) is 0. The third kappa shape index (κ3) is 4.79. The molecule has 25 heavy (non-hydrogen) atoms. The first-order valence-corrected chi connectivity index (χ1v) is 11.0. The average molecular weight is 373 g/mol. The Labute approximate surface area is 146 Å². The first-order valence-electron chi connectivity index (χ1n) is 8.08. The second-order valence-corrected chi connectivity index (χ2v) is 12.5. The van der Waals surface area contributed by atoms with E-state index in [1.54, 1.807) is 6.07 Å². The van der Waals surface area contributed by atoms with Gasteiger partial charge in [0.1, 0.15) is 5.82 Å². The maximum Gasteiger partial charge on any atom is 0.391 e. The van der Waals surface area contributed by atoms with Gasteiger partial charge in [0.2, 0.25) is 0 Å². The second-order valence-electron chi connectivity index (χ2n) is 7.78. The van der Waals surface area contributed by atoms with Gasteiger partial charge in [-0.1, -0.05) is 20.8 Å². The molecule has 1 unspecified atom stereocenters. The molecule has 1 heterocycles. The number of alkyl halides is 3. The van der Waals surface area contributed by atoms with E-state index in [0.29, 0.717) is 10.8 Å². The van der Waals surface area contributed by atoms with Crippen LogP contribution < -0.4 is 0 Å². The lowest BCUT2D eigenvalue weighted by Crippen LogP contribution is -2.42. The van der Waals surface area contributed by atoms with Crippen molar-refractivity contribution in [3.05, 3.63) is 42.0 Å². The van der Waals surface area contributed by atoms with Crippen LogP contribution in [0.15, 0.2) is 30.6 Å². The van der Waals surface area contributed by atoms with Crippen LogP contribution >= 0.6 is 0 Å². The van der Waals surface area contributed by atoms with Crippen LogP contribution in [0.4, 0.5) is 17.6 Å². The molecule has 0 N–H and O–H groups in total. The normalized spacial score (nSPS) is 14.8. The summed E-state index contributed by atoms with van der Waals surface area (Å²) < 4.78 is 59.6. The van der Waals surface area contributed by atoms with Gasteiger partial charge < -0.3 is 4.43 Å². The molecule has 0 aliphatic rings. The molecule has 0 bridgehead atoms. The van der Waals surface area contributed by atoms with Crippen molar-refractivity contribution in [1.82, 2.24) is 4.98 Å². The van der Waals surface area contributed by atoms with Gasteiger partial charge in [-0.05, 0) is 47.3 Å². The van der Waals surface area contributed by atoms with Gasteiger partial charge in [-0.15, -0.1) is 0 Å². The quantitative estimate of drug-likeness (QED) is 0.458. The molecule has 0 fully saturated rings. The Bertz CT molecular complexity index is 753. The van der Waals surface area contributed by atoms with Gasteiger partial charge in [-0.25, -0.2) is 4.39 Å².